The topological polar surface area (TPSA) is 64.4 Å². The van der Waals surface area contributed by atoms with E-state index >= 15 is 0 Å². The van der Waals surface area contributed by atoms with Gasteiger partial charge in [0.2, 0.25) is 0 Å². The Morgan fingerprint density at radius 3 is 3.00 bits per heavy atom. The molecule has 0 radical (unpaired) electrons. The molecule has 120 valence electrons. The summed E-state index contributed by atoms with van der Waals surface area (Å²) < 4.78 is 6.99. The smallest absolute Gasteiger partial charge is 0.410 e. The van der Waals surface area contributed by atoms with E-state index in [4.69, 9.17) is 4.74 Å². The lowest BCUT2D eigenvalue weighted by atomic mass is 10.1. The molecular formula is C15H21N3O3S. The highest BCUT2D eigenvalue weighted by atomic mass is 32.2. The van der Waals surface area contributed by atoms with Crippen LogP contribution in [0.15, 0.2) is 31.1 Å². The maximum atomic E-state index is 12.1. The van der Waals surface area contributed by atoms with Crippen LogP contribution in [0.3, 0.4) is 0 Å². The molecule has 0 N–H and O–H groups in total. The quantitative estimate of drug-likeness (QED) is 0.752. The predicted octanol–water partition coefficient (Wildman–Crippen LogP) is 2.32. The highest BCUT2D eigenvalue weighted by Gasteiger charge is 2.36. The summed E-state index contributed by atoms with van der Waals surface area (Å²) in [4.78, 5) is 25.2. The first-order valence-electron chi connectivity index (χ1n) is 7.29. The molecule has 0 aliphatic carbocycles. The fourth-order valence-electron chi connectivity index (χ4n) is 2.62. The van der Waals surface area contributed by atoms with Gasteiger partial charge in [-0.1, -0.05) is 24.4 Å². The summed E-state index contributed by atoms with van der Waals surface area (Å²) in [6.07, 6.45) is 6.44. The molecule has 1 aliphatic heterocycles. The number of amides is 1. The number of carbonyl (C=O) groups is 2. The van der Waals surface area contributed by atoms with Gasteiger partial charge in [0.15, 0.2) is 5.12 Å². The fraction of sp³-hybridized carbons (Fsp3) is 0.533. The van der Waals surface area contributed by atoms with E-state index in [1.54, 1.807) is 24.1 Å². The lowest BCUT2D eigenvalue weighted by Gasteiger charge is -2.23. The van der Waals surface area contributed by atoms with E-state index in [2.05, 4.69) is 11.7 Å². The van der Waals surface area contributed by atoms with E-state index < -0.39 is 0 Å². The average Bonchev–Trinajstić information content (AvgIpc) is 3.11. The third kappa shape index (κ3) is 4.62. The zero-order valence-corrected chi connectivity index (χ0v) is 13.5. The number of thioether (sulfide) groups is 1. The molecule has 1 aromatic rings. The van der Waals surface area contributed by atoms with Crippen LogP contribution in [0, 0.1) is 0 Å². The zero-order chi connectivity index (χ0) is 15.9. The second kappa shape index (κ2) is 8.03. The molecule has 1 amide bonds. The van der Waals surface area contributed by atoms with Crippen LogP contribution in [-0.2, 0) is 16.1 Å². The van der Waals surface area contributed by atoms with Crippen LogP contribution < -0.4 is 0 Å². The summed E-state index contributed by atoms with van der Waals surface area (Å²) in [5, 5.41) is 4.39. The molecule has 0 saturated carbocycles. The van der Waals surface area contributed by atoms with E-state index in [1.165, 1.54) is 11.8 Å². The summed E-state index contributed by atoms with van der Waals surface area (Å²) in [6, 6.07) is 1.94. The number of aromatic nitrogens is 2. The Morgan fingerprint density at radius 1 is 1.55 bits per heavy atom. The van der Waals surface area contributed by atoms with Crippen molar-refractivity contribution < 1.29 is 14.3 Å². The molecule has 1 aromatic heterocycles. The standard InChI is InChI=1S/C15H21N3O3S/c1-3-9-21-15(20)18-11-14(22-12(2)19)10-13(18)5-8-17-7-4-6-16-17/h3-4,6-7,13-14H,1,5,8-11H2,2H3/t13-,14+/m1/s1. The van der Waals surface area contributed by atoms with Crippen molar-refractivity contribution in [1.82, 2.24) is 14.7 Å². The monoisotopic (exact) mass is 323 g/mol. The van der Waals surface area contributed by atoms with E-state index in [0.29, 0.717) is 6.54 Å². The molecule has 1 aliphatic rings. The molecule has 1 saturated heterocycles. The molecule has 2 atom stereocenters. The summed E-state index contributed by atoms with van der Waals surface area (Å²) in [7, 11) is 0. The van der Waals surface area contributed by atoms with Gasteiger partial charge in [0.25, 0.3) is 0 Å². The Labute approximate surface area is 134 Å². The molecule has 2 rings (SSSR count). The van der Waals surface area contributed by atoms with Gasteiger partial charge in [0, 0.05) is 43.7 Å². The maximum absolute atomic E-state index is 12.1. The van der Waals surface area contributed by atoms with Crippen LogP contribution in [0.1, 0.15) is 19.8 Å². The van der Waals surface area contributed by atoms with Crippen LogP contribution in [0.5, 0.6) is 0 Å². The normalized spacial score (nSPS) is 20.9. The van der Waals surface area contributed by atoms with Gasteiger partial charge in [-0.2, -0.15) is 5.10 Å². The van der Waals surface area contributed by atoms with Gasteiger partial charge < -0.3 is 9.64 Å². The first-order valence-corrected chi connectivity index (χ1v) is 8.17. The van der Waals surface area contributed by atoms with Crippen LogP contribution >= 0.6 is 11.8 Å². The lowest BCUT2D eigenvalue weighted by Crippen LogP contribution is -2.37. The molecule has 0 bridgehead atoms. The van der Waals surface area contributed by atoms with E-state index in [1.807, 2.05) is 16.9 Å². The number of nitrogens with zero attached hydrogens (tertiary/aromatic N) is 3. The van der Waals surface area contributed by atoms with Crippen molar-refractivity contribution in [1.29, 1.82) is 0 Å². The van der Waals surface area contributed by atoms with Gasteiger partial charge >= 0.3 is 6.09 Å². The Morgan fingerprint density at radius 2 is 2.36 bits per heavy atom. The first-order chi connectivity index (χ1) is 10.6. The first kappa shape index (κ1) is 16.6. The lowest BCUT2D eigenvalue weighted by molar-refractivity contribution is -0.109. The Hall–Kier alpha value is -1.76. The summed E-state index contributed by atoms with van der Waals surface area (Å²) >= 11 is 1.30. The van der Waals surface area contributed by atoms with E-state index in [0.717, 1.165) is 19.4 Å². The number of rotatable bonds is 6. The number of likely N-dealkylation sites (tertiary alicyclic amines) is 1. The van der Waals surface area contributed by atoms with Crippen molar-refractivity contribution in [3.63, 3.8) is 0 Å². The third-order valence-corrected chi connectivity index (χ3v) is 4.53. The number of aryl methyl sites for hydroxylation is 1. The van der Waals surface area contributed by atoms with E-state index in [-0.39, 0.29) is 29.1 Å². The Balaban J connectivity index is 1.96. The second-order valence-electron chi connectivity index (χ2n) is 5.20. The molecule has 22 heavy (non-hydrogen) atoms. The zero-order valence-electron chi connectivity index (χ0n) is 12.7. The highest BCUT2D eigenvalue weighted by molar-refractivity contribution is 8.14. The minimum atomic E-state index is -0.336. The van der Waals surface area contributed by atoms with Gasteiger partial charge in [-0.15, -0.1) is 0 Å². The minimum Gasteiger partial charge on any atom is -0.445 e. The maximum Gasteiger partial charge on any atom is 0.410 e. The van der Waals surface area contributed by atoms with Crippen molar-refractivity contribution in [2.45, 2.75) is 37.6 Å². The van der Waals surface area contributed by atoms with Gasteiger partial charge in [-0.05, 0) is 18.9 Å². The van der Waals surface area contributed by atoms with Gasteiger partial charge in [0.1, 0.15) is 6.61 Å². The Kier molecular flexibility index (Phi) is 6.06. The SMILES string of the molecule is C=CCOC(=O)N1C[C@@H](SC(C)=O)C[C@H]1CCn1cccn1. The van der Waals surface area contributed by atoms with Crippen molar-refractivity contribution in [3.05, 3.63) is 31.1 Å². The van der Waals surface area contributed by atoms with Crippen molar-refractivity contribution >= 4 is 23.0 Å². The minimum absolute atomic E-state index is 0.0679. The highest BCUT2D eigenvalue weighted by Crippen LogP contribution is 2.30. The number of hydrogen-bond acceptors (Lipinski definition) is 5. The largest absolute Gasteiger partial charge is 0.445 e. The Bertz CT molecular complexity index is 518. The molecule has 7 heteroatoms. The molecule has 0 aromatic carbocycles. The van der Waals surface area contributed by atoms with Crippen LogP contribution in [0.4, 0.5) is 4.79 Å². The molecule has 0 unspecified atom stereocenters. The van der Waals surface area contributed by atoms with Crippen LogP contribution in [-0.4, -0.2) is 50.3 Å². The molecule has 2 heterocycles. The third-order valence-electron chi connectivity index (χ3n) is 3.52. The van der Waals surface area contributed by atoms with Crippen molar-refractivity contribution in [3.8, 4) is 0 Å². The van der Waals surface area contributed by atoms with Gasteiger partial charge in [-0.25, -0.2) is 4.79 Å². The second-order valence-corrected chi connectivity index (χ2v) is 6.67. The number of carbonyl (C=O) groups excluding carboxylic acids is 2. The molecule has 1 fully saturated rings. The van der Waals surface area contributed by atoms with Crippen molar-refractivity contribution in [2.24, 2.45) is 0 Å². The number of hydrogen-bond donors (Lipinski definition) is 0. The van der Waals surface area contributed by atoms with Crippen molar-refractivity contribution in [2.75, 3.05) is 13.2 Å². The van der Waals surface area contributed by atoms with Crippen LogP contribution in [0.2, 0.25) is 0 Å². The van der Waals surface area contributed by atoms with Gasteiger partial charge in [0.05, 0.1) is 0 Å². The van der Waals surface area contributed by atoms with Gasteiger partial charge in [-0.3, -0.25) is 9.48 Å². The molecule has 6 nitrogen and oxygen atoms in total. The summed E-state index contributed by atoms with van der Waals surface area (Å²) in [6.45, 7) is 6.59. The molecule has 0 spiro atoms. The fourth-order valence-corrected chi connectivity index (χ4v) is 3.64. The average molecular weight is 323 g/mol. The van der Waals surface area contributed by atoms with E-state index in [9.17, 15) is 9.59 Å². The summed E-state index contributed by atoms with van der Waals surface area (Å²) in [5.41, 5.74) is 0. The predicted molar refractivity (Wildman–Crippen MR) is 85.6 cm³/mol. The molecular weight excluding hydrogens is 302 g/mol. The number of ether oxygens (including phenoxy) is 1. The summed E-state index contributed by atoms with van der Waals surface area (Å²) in [5.74, 6) is 0. The van der Waals surface area contributed by atoms with Crippen LogP contribution in [0.25, 0.3) is 0 Å².